The van der Waals surface area contributed by atoms with Crippen LogP contribution in [0.3, 0.4) is 0 Å². The minimum atomic E-state index is -4.41. The second-order valence-corrected chi connectivity index (χ2v) is 5.61. The van der Waals surface area contributed by atoms with Gasteiger partial charge in [-0.15, -0.1) is 0 Å². The molecule has 0 saturated carbocycles. The zero-order valence-electron chi connectivity index (χ0n) is 13.6. The summed E-state index contributed by atoms with van der Waals surface area (Å²) in [4.78, 5) is 11.8. The van der Waals surface area contributed by atoms with Crippen LogP contribution in [0, 0.1) is 0 Å². The van der Waals surface area contributed by atoms with Crippen molar-refractivity contribution in [3.05, 3.63) is 54.1 Å². The summed E-state index contributed by atoms with van der Waals surface area (Å²) in [6.45, 7) is 0.218. The number of rotatable bonds is 5. The molecule has 5 nitrogen and oxygen atoms in total. The molecule has 1 atom stereocenters. The normalized spacial score (nSPS) is 16.0. The van der Waals surface area contributed by atoms with E-state index >= 15 is 0 Å². The number of nitrogens with one attached hydrogen (secondary N) is 1. The average Bonchev–Trinajstić information content (AvgIpc) is 2.64. The van der Waals surface area contributed by atoms with Crippen molar-refractivity contribution in [1.29, 1.82) is 0 Å². The summed E-state index contributed by atoms with van der Waals surface area (Å²) in [6, 6.07) is 11.4. The Kier molecular flexibility index (Phi) is 5.20. The van der Waals surface area contributed by atoms with E-state index in [2.05, 4.69) is 5.32 Å². The predicted molar refractivity (Wildman–Crippen MR) is 86.3 cm³/mol. The molecular formula is C18H16F3NO4. The van der Waals surface area contributed by atoms with Crippen LogP contribution in [0.5, 0.6) is 17.2 Å². The molecule has 1 N–H and O–H groups in total. The van der Waals surface area contributed by atoms with Crippen molar-refractivity contribution >= 4 is 5.91 Å². The average molecular weight is 367 g/mol. The first-order valence-electron chi connectivity index (χ1n) is 7.87. The third-order valence-corrected chi connectivity index (χ3v) is 3.65. The van der Waals surface area contributed by atoms with Gasteiger partial charge in [0.25, 0.3) is 5.91 Å². The number of hydrogen-bond donors (Lipinski definition) is 1. The Morgan fingerprint density at radius 2 is 1.81 bits per heavy atom. The minimum Gasteiger partial charge on any atom is -0.486 e. The molecule has 0 spiro atoms. The van der Waals surface area contributed by atoms with Crippen LogP contribution in [0.15, 0.2) is 48.5 Å². The molecule has 0 saturated heterocycles. The lowest BCUT2D eigenvalue weighted by atomic mass is 10.2. The smallest absolute Gasteiger partial charge is 0.416 e. The molecule has 8 heteroatoms. The highest BCUT2D eigenvalue weighted by atomic mass is 19.4. The molecule has 0 unspecified atom stereocenters. The van der Waals surface area contributed by atoms with Crippen LogP contribution in [0.4, 0.5) is 13.2 Å². The molecule has 3 rings (SSSR count). The van der Waals surface area contributed by atoms with E-state index in [1.54, 1.807) is 12.1 Å². The molecule has 1 aliphatic rings. The molecule has 1 aliphatic heterocycles. The number of alkyl halides is 3. The maximum atomic E-state index is 12.5. The van der Waals surface area contributed by atoms with Crippen LogP contribution >= 0.6 is 0 Å². The van der Waals surface area contributed by atoms with Crippen molar-refractivity contribution in [2.75, 3.05) is 19.8 Å². The van der Waals surface area contributed by atoms with Gasteiger partial charge < -0.3 is 19.5 Å². The number of para-hydroxylation sites is 2. The Morgan fingerprint density at radius 1 is 1.12 bits per heavy atom. The van der Waals surface area contributed by atoms with E-state index in [1.165, 1.54) is 12.1 Å². The zero-order chi connectivity index (χ0) is 18.6. The molecule has 0 aromatic heterocycles. The number of halogens is 3. The number of carbonyl (C=O) groups excluding carboxylic acids is 1. The summed E-state index contributed by atoms with van der Waals surface area (Å²) in [5.41, 5.74) is -0.774. The summed E-state index contributed by atoms with van der Waals surface area (Å²) >= 11 is 0. The Labute approximate surface area is 147 Å². The number of carbonyl (C=O) groups is 1. The van der Waals surface area contributed by atoms with Gasteiger partial charge in [-0.3, -0.25) is 4.79 Å². The monoisotopic (exact) mass is 367 g/mol. The van der Waals surface area contributed by atoms with Gasteiger partial charge in [0.15, 0.2) is 18.1 Å². The highest BCUT2D eigenvalue weighted by Gasteiger charge is 2.30. The van der Waals surface area contributed by atoms with E-state index in [9.17, 15) is 18.0 Å². The Balaban J connectivity index is 1.42. The van der Waals surface area contributed by atoms with Gasteiger partial charge in [-0.2, -0.15) is 13.2 Å². The summed E-state index contributed by atoms with van der Waals surface area (Å²) in [7, 11) is 0. The largest absolute Gasteiger partial charge is 0.486 e. The lowest BCUT2D eigenvalue weighted by molar-refractivity contribution is -0.137. The molecule has 0 aliphatic carbocycles. The second kappa shape index (κ2) is 7.55. The lowest BCUT2D eigenvalue weighted by Gasteiger charge is -2.26. The quantitative estimate of drug-likeness (QED) is 0.883. The van der Waals surface area contributed by atoms with Crippen molar-refractivity contribution in [2.45, 2.75) is 12.3 Å². The summed E-state index contributed by atoms with van der Waals surface area (Å²) in [5.74, 6) is 1.03. The van der Waals surface area contributed by atoms with Gasteiger partial charge in [0, 0.05) is 0 Å². The number of benzene rings is 2. The lowest BCUT2D eigenvalue weighted by Crippen LogP contribution is -2.42. The molecule has 0 radical (unpaired) electrons. The Hall–Kier alpha value is -2.90. The Morgan fingerprint density at radius 3 is 2.50 bits per heavy atom. The van der Waals surface area contributed by atoms with E-state index in [1.807, 2.05) is 12.1 Å². The second-order valence-electron chi connectivity index (χ2n) is 5.61. The third-order valence-electron chi connectivity index (χ3n) is 3.65. The predicted octanol–water partition coefficient (Wildman–Crippen LogP) is 3.04. The van der Waals surface area contributed by atoms with Crippen LogP contribution in [0.25, 0.3) is 0 Å². The van der Waals surface area contributed by atoms with E-state index < -0.39 is 17.6 Å². The topological polar surface area (TPSA) is 56.8 Å². The first-order chi connectivity index (χ1) is 12.4. The summed E-state index contributed by atoms with van der Waals surface area (Å²) < 4.78 is 53.8. The maximum absolute atomic E-state index is 12.5. The van der Waals surface area contributed by atoms with Crippen molar-refractivity contribution in [3.8, 4) is 17.2 Å². The molecule has 0 bridgehead atoms. The summed E-state index contributed by atoms with van der Waals surface area (Å²) in [5, 5.41) is 2.64. The van der Waals surface area contributed by atoms with Crippen LogP contribution in [-0.4, -0.2) is 31.8 Å². The van der Waals surface area contributed by atoms with Gasteiger partial charge in [0.1, 0.15) is 18.5 Å². The van der Waals surface area contributed by atoms with E-state index in [4.69, 9.17) is 14.2 Å². The van der Waals surface area contributed by atoms with Crippen molar-refractivity contribution in [2.24, 2.45) is 0 Å². The standard InChI is InChI=1S/C18H16F3NO4/c19-18(20,21)12-5-7-13(8-6-12)24-11-17(23)22-9-14-10-25-15-3-1-2-4-16(15)26-14/h1-8,14H,9-11H2,(H,22,23)/t14-/m1/s1. The highest BCUT2D eigenvalue weighted by Crippen LogP contribution is 2.31. The number of ether oxygens (including phenoxy) is 3. The van der Waals surface area contributed by atoms with E-state index in [-0.39, 0.29) is 25.0 Å². The third kappa shape index (κ3) is 4.59. The molecule has 2 aromatic rings. The van der Waals surface area contributed by atoms with Crippen LogP contribution < -0.4 is 19.5 Å². The molecule has 0 fully saturated rings. The fourth-order valence-electron chi connectivity index (χ4n) is 2.33. The van der Waals surface area contributed by atoms with Gasteiger partial charge in [-0.25, -0.2) is 0 Å². The number of fused-ring (bicyclic) bond motifs is 1. The Bertz CT molecular complexity index is 762. The van der Waals surface area contributed by atoms with Crippen molar-refractivity contribution in [1.82, 2.24) is 5.32 Å². The minimum absolute atomic E-state index is 0.180. The molecule has 1 amide bonds. The maximum Gasteiger partial charge on any atom is 0.416 e. The van der Waals surface area contributed by atoms with Crippen LogP contribution in [0.1, 0.15) is 5.56 Å². The van der Waals surface area contributed by atoms with Gasteiger partial charge in [-0.05, 0) is 36.4 Å². The molecular weight excluding hydrogens is 351 g/mol. The SMILES string of the molecule is O=C(COc1ccc(C(F)(F)F)cc1)NC[C@@H]1COc2ccccc2O1. The molecule has 1 heterocycles. The van der Waals surface area contributed by atoms with Gasteiger partial charge in [0.05, 0.1) is 12.1 Å². The molecule has 138 valence electrons. The van der Waals surface area contributed by atoms with Gasteiger partial charge in [-0.1, -0.05) is 12.1 Å². The number of hydrogen-bond acceptors (Lipinski definition) is 4. The van der Waals surface area contributed by atoms with Gasteiger partial charge >= 0.3 is 6.18 Å². The highest BCUT2D eigenvalue weighted by molar-refractivity contribution is 5.77. The first-order valence-corrected chi connectivity index (χ1v) is 7.87. The summed E-state index contributed by atoms with van der Waals surface area (Å²) in [6.07, 6.45) is -4.74. The van der Waals surface area contributed by atoms with Crippen molar-refractivity contribution in [3.63, 3.8) is 0 Å². The molecule has 26 heavy (non-hydrogen) atoms. The van der Waals surface area contributed by atoms with Crippen LogP contribution in [0.2, 0.25) is 0 Å². The molecule has 2 aromatic carbocycles. The van der Waals surface area contributed by atoms with E-state index in [0.717, 1.165) is 12.1 Å². The van der Waals surface area contributed by atoms with E-state index in [0.29, 0.717) is 18.1 Å². The van der Waals surface area contributed by atoms with Crippen LogP contribution in [-0.2, 0) is 11.0 Å². The fraction of sp³-hybridized carbons (Fsp3) is 0.278. The zero-order valence-corrected chi connectivity index (χ0v) is 13.6. The number of amides is 1. The van der Waals surface area contributed by atoms with Gasteiger partial charge in [0.2, 0.25) is 0 Å². The van der Waals surface area contributed by atoms with Crippen molar-refractivity contribution < 1.29 is 32.2 Å². The fourth-order valence-corrected chi connectivity index (χ4v) is 2.33. The first kappa shape index (κ1) is 17.9.